The van der Waals surface area contributed by atoms with Crippen molar-refractivity contribution in [1.82, 2.24) is 4.98 Å². The first-order valence-corrected chi connectivity index (χ1v) is 5.90. The predicted molar refractivity (Wildman–Crippen MR) is 62.8 cm³/mol. The number of ether oxygens (including phenoxy) is 1. The molecule has 4 heteroatoms. The standard InChI is InChI=1S/C12H11NO2S/c1-15-8-3-2-7-4-10-12(9(7)5-8)13-11(6-14)16-10/h2-3,5,14H,4,6H2,1H3. The molecular formula is C12H11NO2S. The number of hydrogen-bond donors (Lipinski definition) is 1. The predicted octanol–water partition coefficient (Wildman–Crippen LogP) is 2.22. The van der Waals surface area contributed by atoms with E-state index in [9.17, 15) is 0 Å². The number of benzene rings is 1. The maximum atomic E-state index is 9.07. The summed E-state index contributed by atoms with van der Waals surface area (Å²) in [4.78, 5) is 5.68. The molecule has 16 heavy (non-hydrogen) atoms. The summed E-state index contributed by atoms with van der Waals surface area (Å²) >= 11 is 1.59. The molecule has 1 heterocycles. The normalized spacial score (nSPS) is 12.4. The maximum Gasteiger partial charge on any atom is 0.119 e. The van der Waals surface area contributed by atoms with E-state index < -0.39 is 0 Å². The lowest BCUT2D eigenvalue weighted by Gasteiger charge is -2.03. The van der Waals surface area contributed by atoms with Gasteiger partial charge in [-0.15, -0.1) is 11.3 Å². The van der Waals surface area contributed by atoms with E-state index in [1.807, 2.05) is 12.1 Å². The summed E-state index contributed by atoms with van der Waals surface area (Å²) in [5.74, 6) is 0.852. The van der Waals surface area contributed by atoms with Crippen LogP contribution < -0.4 is 4.74 Å². The van der Waals surface area contributed by atoms with Crippen LogP contribution >= 0.6 is 11.3 Å². The zero-order valence-corrected chi connectivity index (χ0v) is 9.67. The van der Waals surface area contributed by atoms with Crippen molar-refractivity contribution in [3.8, 4) is 17.0 Å². The van der Waals surface area contributed by atoms with Gasteiger partial charge in [0.15, 0.2) is 0 Å². The van der Waals surface area contributed by atoms with Crippen LogP contribution in [0.1, 0.15) is 15.4 Å². The van der Waals surface area contributed by atoms with Crippen molar-refractivity contribution in [3.05, 3.63) is 33.6 Å². The zero-order valence-electron chi connectivity index (χ0n) is 8.86. The summed E-state index contributed by atoms with van der Waals surface area (Å²) in [5.41, 5.74) is 3.45. The van der Waals surface area contributed by atoms with Gasteiger partial charge in [0.1, 0.15) is 10.8 Å². The molecule has 0 aliphatic heterocycles. The highest BCUT2D eigenvalue weighted by atomic mass is 32.1. The van der Waals surface area contributed by atoms with E-state index in [1.165, 1.54) is 10.4 Å². The second kappa shape index (κ2) is 3.57. The van der Waals surface area contributed by atoms with E-state index in [2.05, 4.69) is 11.1 Å². The van der Waals surface area contributed by atoms with Crippen LogP contribution in [0.25, 0.3) is 11.3 Å². The maximum absolute atomic E-state index is 9.07. The summed E-state index contributed by atoms with van der Waals surface area (Å²) in [6.07, 6.45) is 0.923. The molecule has 0 radical (unpaired) electrons. The number of aromatic nitrogens is 1. The number of nitrogens with zero attached hydrogens (tertiary/aromatic N) is 1. The minimum absolute atomic E-state index is 0.0248. The Bertz CT molecular complexity index is 548. The first-order chi connectivity index (χ1) is 7.81. The summed E-state index contributed by atoms with van der Waals surface area (Å²) in [7, 11) is 1.66. The Morgan fingerprint density at radius 1 is 1.50 bits per heavy atom. The molecule has 3 nitrogen and oxygen atoms in total. The molecule has 1 aromatic carbocycles. The molecule has 3 rings (SSSR count). The zero-order chi connectivity index (χ0) is 11.1. The molecule has 0 amide bonds. The topological polar surface area (TPSA) is 42.4 Å². The van der Waals surface area contributed by atoms with Crippen LogP contribution in [-0.4, -0.2) is 17.2 Å². The molecule has 0 fully saturated rings. The van der Waals surface area contributed by atoms with Gasteiger partial charge in [-0.05, 0) is 17.7 Å². The fourth-order valence-corrected chi connectivity index (χ4v) is 2.99. The largest absolute Gasteiger partial charge is 0.497 e. The van der Waals surface area contributed by atoms with Crippen molar-refractivity contribution < 1.29 is 9.84 Å². The first kappa shape index (κ1) is 9.81. The summed E-state index contributed by atoms with van der Waals surface area (Å²) in [6.45, 7) is 0.0248. The van der Waals surface area contributed by atoms with E-state index in [-0.39, 0.29) is 6.61 Å². The third-order valence-corrected chi connectivity index (χ3v) is 3.84. The van der Waals surface area contributed by atoms with Gasteiger partial charge >= 0.3 is 0 Å². The van der Waals surface area contributed by atoms with Gasteiger partial charge in [0.2, 0.25) is 0 Å². The van der Waals surface area contributed by atoms with Gasteiger partial charge in [-0.1, -0.05) is 6.07 Å². The lowest BCUT2D eigenvalue weighted by atomic mass is 10.1. The number of thiazole rings is 1. The van der Waals surface area contributed by atoms with Gasteiger partial charge in [-0.2, -0.15) is 0 Å². The summed E-state index contributed by atoms with van der Waals surface area (Å²) < 4.78 is 5.21. The fourth-order valence-electron chi connectivity index (χ4n) is 2.03. The minimum atomic E-state index is 0.0248. The highest BCUT2D eigenvalue weighted by Gasteiger charge is 2.23. The molecule has 82 valence electrons. The van der Waals surface area contributed by atoms with Crippen molar-refractivity contribution in [2.24, 2.45) is 0 Å². The van der Waals surface area contributed by atoms with Gasteiger partial charge in [-0.3, -0.25) is 0 Å². The molecule has 0 saturated heterocycles. The number of rotatable bonds is 2. The minimum Gasteiger partial charge on any atom is -0.497 e. The number of fused-ring (bicyclic) bond motifs is 3. The number of aliphatic hydroxyl groups excluding tert-OH is 1. The first-order valence-electron chi connectivity index (χ1n) is 5.08. The number of hydrogen-bond acceptors (Lipinski definition) is 4. The van der Waals surface area contributed by atoms with E-state index in [0.29, 0.717) is 0 Å². The molecular weight excluding hydrogens is 222 g/mol. The second-order valence-corrected chi connectivity index (χ2v) is 4.91. The van der Waals surface area contributed by atoms with Crippen LogP contribution in [0.4, 0.5) is 0 Å². The molecule has 2 aromatic rings. The molecule has 1 aromatic heterocycles. The third kappa shape index (κ3) is 1.34. The van der Waals surface area contributed by atoms with E-state index in [4.69, 9.17) is 9.84 Å². The monoisotopic (exact) mass is 233 g/mol. The molecule has 0 unspecified atom stereocenters. The van der Waals surface area contributed by atoms with Crippen LogP contribution in [-0.2, 0) is 13.0 Å². The third-order valence-electron chi connectivity index (χ3n) is 2.80. The van der Waals surface area contributed by atoms with Crippen LogP contribution in [0.5, 0.6) is 5.75 Å². The summed E-state index contributed by atoms with van der Waals surface area (Å²) in [5, 5.41) is 9.86. The number of aliphatic hydroxyl groups is 1. The molecule has 1 N–H and O–H groups in total. The van der Waals surface area contributed by atoms with E-state index in [0.717, 1.165) is 28.4 Å². The van der Waals surface area contributed by atoms with Crippen molar-refractivity contribution in [2.45, 2.75) is 13.0 Å². The summed E-state index contributed by atoms with van der Waals surface area (Å²) in [6, 6.07) is 6.07. The van der Waals surface area contributed by atoms with E-state index >= 15 is 0 Å². The Labute approximate surface area is 97.3 Å². The molecule has 0 spiro atoms. The molecule has 0 saturated carbocycles. The molecule has 1 aliphatic carbocycles. The van der Waals surface area contributed by atoms with Gasteiger partial charge in [0, 0.05) is 16.9 Å². The van der Waals surface area contributed by atoms with Crippen LogP contribution in [0.15, 0.2) is 18.2 Å². The van der Waals surface area contributed by atoms with Crippen LogP contribution in [0, 0.1) is 0 Å². The van der Waals surface area contributed by atoms with Gasteiger partial charge in [0.05, 0.1) is 19.4 Å². The van der Waals surface area contributed by atoms with Crippen molar-refractivity contribution in [3.63, 3.8) is 0 Å². The Hall–Kier alpha value is -1.39. The van der Waals surface area contributed by atoms with Gasteiger partial charge in [0.25, 0.3) is 0 Å². The Morgan fingerprint density at radius 2 is 2.38 bits per heavy atom. The molecule has 0 bridgehead atoms. The van der Waals surface area contributed by atoms with Crippen molar-refractivity contribution in [2.75, 3.05) is 7.11 Å². The van der Waals surface area contributed by atoms with Gasteiger partial charge < -0.3 is 9.84 Å². The second-order valence-electron chi connectivity index (χ2n) is 3.74. The molecule has 0 atom stereocenters. The Balaban J connectivity index is 2.14. The van der Waals surface area contributed by atoms with Gasteiger partial charge in [-0.25, -0.2) is 4.98 Å². The highest BCUT2D eigenvalue weighted by Crippen LogP contribution is 2.40. The Kier molecular flexibility index (Phi) is 2.19. The lowest BCUT2D eigenvalue weighted by Crippen LogP contribution is -1.87. The fraction of sp³-hybridized carbons (Fsp3) is 0.250. The highest BCUT2D eigenvalue weighted by molar-refractivity contribution is 7.12. The SMILES string of the molecule is COc1ccc2c(c1)-c1nc(CO)sc1C2. The lowest BCUT2D eigenvalue weighted by molar-refractivity contribution is 0.281. The van der Waals surface area contributed by atoms with Crippen LogP contribution in [0.2, 0.25) is 0 Å². The Morgan fingerprint density at radius 3 is 3.12 bits per heavy atom. The van der Waals surface area contributed by atoms with Crippen molar-refractivity contribution >= 4 is 11.3 Å². The molecule has 1 aliphatic rings. The smallest absolute Gasteiger partial charge is 0.119 e. The van der Waals surface area contributed by atoms with E-state index in [1.54, 1.807) is 18.4 Å². The average Bonchev–Trinajstić information content (AvgIpc) is 2.85. The average molecular weight is 233 g/mol. The number of methoxy groups -OCH3 is 1. The van der Waals surface area contributed by atoms with Crippen molar-refractivity contribution in [1.29, 1.82) is 0 Å². The quantitative estimate of drug-likeness (QED) is 0.738. The van der Waals surface area contributed by atoms with Crippen LogP contribution in [0.3, 0.4) is 0 Å².